The molecule has 0 heterocycles. The molecular formula is C10H11BrN2O2. The van der Waals surface area contributed by atoms with Gasteiger partial charge in [0.1, 0.15) is 6.10 Å². The predicted molar refractivity (Wildman–Crippen MR) is 60.3 cm³/mol. The number of alkyl halides is 1. The lowest BCUT2D eigenvalue weighted by Crippen LogP contribution is -2.20. The summed E-state index contributed by atoms with van der Waals surface area (Å²) in [6, 6.07) is 6.53. The number of rotatable bonds is 3. The molecule has 0 bridgehead atoms. The molecule has 1 rings (SSSR count). The Hall–Kier alpha value is -1.09. The molecule has 0 aromatic heterocycles. The monoisotopic (exact) mass is 270 g/mol. The number of hydrogen-bond donors (Lipinski definition) is 3. The lowest BCUT2D eigenvalue weighted by Gasteiger charge is -2.17. The third-order valence-corrected chi connectivity index (χ3v) is 2.70. The van der Waals surface area contributed by atoms with Gasteiger partial charge in [-0.15, -0.1) is 0 Å². The van der Waals surface area contributed by atoms with Gasteiger partial charge in [0, 0.05) is 16.6 Å². The molecule has 2 unspecified atom stereocenters. The minimum Gasteiger partial charge on any atom is -0.399 e. The van der Waals surface area contributed by atoms with Crippen LogP contribution in [0.25, 0.3) is 0 Å². The van der Waals surface area contributed by atoms with Crippen LogP contribution in [-0.2, 0) is 0 Å². The summed E-state index contributed by atoms with van der Waals surface area (Å²) in [6.07, 6.45) is -2.03. The number of benzene rings is 1. The van der Waals surface area contributed by atoms with Gasteiger partial charge in [-0.2, -0.15) is 5.26 Å². The zero-order valence-corrected chi connectivity index (χ0v) is 9.48. The summed E-state index contributed by atoms with van der Waals surface area (Å²) >= 11 is 3.06. The van der Waals surface area contributed by atoms with Crippen molar-refractivity contribution in [3.05, 3.63) is 29.3 Å². The van der Waals surface area contributed by atoms with E-state index in [1.54, 1.807) is 12.1 Å². The highest BCUT2D eigenvalue weighted by Crippen LogP contribution is 2.23. The minimum atomic E-state index is -1.08. The van der Waals surface area contributed by atoms with Crippen molar-refractivity contribution >= 4 is 21.6 Å². The molecule has 2 atom stereocenters. The van der Waals surface area contributed by atoms with Crippen LogP contribution in [0.5, 0.6) is 0 Å². The van der Waals surface area contributed by atoms with Crippen molar-refractivity contribution in [1.29, 1.82) is 5.26 Å². The highest BCUT2D eigenvalue weighted by Gasteiger charge is 2.20. The van der Waals surface area contributed by atoms with E-state index in [-0.39, 0.29) is 10.9 Å². The second-order valence-corrected chi connectivity index (χ2v) is 3.77. The Morgan fingerprint density at radius 3 is 2.67 bits per heavy atom. The van der Waals surface area contributed by atoms with Gasteiger partial charge in [0.2, 0.25) is 0 Å². The first-order valence-electron chi connectivity index (χ1n) is 4.31. The van der Waals surface area contributed by atoms with Gasteiger partial charge in [-0.3, -0.25) is 0 Å². The van der Waals surface area contributed by atoms with Crippen molar-refractivity contribution in [2.45, 2.75) is 12.2 Å². The summed E-state index contributed by atoms with van der Waals surface area (Å²) in [5.41, 5.74) is 6.63. The van der Waals surface area contributed by atoms with Crippen molar-refractivity contribution in [2.75, 3.05) is 11.1 Å². The fourth-order valence-corrected chi connectivity index (χ4v) is 1.57. The highest BCUT2D eigenvalue weighted by molar-refractivity contribution is 9.09. The van der Waals surface area contributed by atoms with Gasteiger partial charge in [-0.1, -0.05) is 22.0 Å². The lowest BCUT2D eigenvalue weighted by molar-refractivity contribution is 0.0341. The summed E-state index contributed by atoms with van der Waals surface area (Å²) in [5, 5.41) is 28.2. The van der Waals surface area contributed by atoms with Gasteiger partial charge in [0.25, 0.3) is 0 Å². The van der Waals surface area contributed by atoms with Gasteiger partial charge in [0.05, 0.1) is 17.7 Å². The maximum absolute atomic E-state index is 9.72. The Labute approximate surface area is 96.1 Å². The summed E-state index contributed by atoms with van der Waals surface area (Å²) in [7, 11) is 0. The van der Waals surface area contributed by atoms with Crippen LogP contribution in [0.15, 0.2) is 18.2 Å². The number of nitrogens with two attached hydrogens (primary N) is 1. The molecule has 1 aromatic carbocycles. The van der Waals surface area contributed by atoms with Gasteiger partial charge in [-0.05, 0) is 12.1 Å². The summed E-state index contributed by atoms with van der Waals surface area (Å²) < 4.78 is 0. The van der Waals surface area contributed by atoms with E-state index in [2.05, 4.69) is 15.9 Å². The van der Waals surface area contributed by atoms with Crippen LogP contribution in [0.4, 0.5) is 5.69 Å². The van der Waals surface area contributed by atoms with Crippen LogP contribution >= 0.6 is 15.9 Å². The van der Waals surface area contributed by atoms with Crippen molar-refractivity contribution in [1.82, 2.24) is 0 Å². The van der Waals surface area contributed by atoms with Crippen LogP contribution in [-0.4, -0.2) is 21.6 Å². The van der Waals surface area contributed by atoms with Gasteiger partial charge >= 0.3 is 0 Å². The normalized spacial score (nSPS) is 14.3. The van der Waals surface area contributed by atoms with E-state index >= 15 is 0 Å². The second kappa shape index (κ2) is 5.12. The van der Waals surface area contributed by atoms with E-state index in [4.69, 9.17) is 11.0 Å². The zero-order valence-electron chi connectivity index (χ0n) is 7.89. The Morgan fingerprint density at radius 1 is 1.47 bits per heavy atom. The SMILES string of the molecule is N#Cc1cc(N)ccc1C(O)C(O)CBr. The molecule has 80 valence electrons. The fraction of sp³-hybridized carbons (Fsp3) is 0.300. The molecule has 4 nitrogen and oxygen atoms in total. The molecular weight excluding hydrogens is 260 g/mol. The summed E-state index contributed by atoms with van der Waals surface area (Å²) in [4.78, 5) is 0. The molecule has 0 aliphatic carbocycles. The molecule has 4 N–H and O–H groups in total. The van der Waals surface area contributed by atoms with Crippen LogP contribution in [0.2, 0.25) is 0 Å². The first-order valence-corrected chi connectivity index (χ1v) is 5.44. The first-order chi connectivity index (χ1) is 7.10. The fourth-order valence-electron chi connectivity index (χ4n) is 1.22. The average Bonchev–Trinajstić information content (AvgIpc) is 2.26. The van der Waals surface area contributed by atoms with Crippen LogP contribution in [0, 0.1) is 11.3 Å². The number of anilines is 1. The number of nitrogens with zero attached hydrogens (tertiary/aromatic N) is 1. The number of nitriles is 1. The zero-order chi connectivity index (χ0) is 11.4. The Bertz CT molecular complexity index is 389. The van der Waals surface area contributed by atoms with Gasteiger partial charge in [-0.25, -0.2) is 0 Å². The molecule has 15 heavy (non-hydrogen) atoms. The third-order valence-electron chi connectivity index (χ3n) is 2.04. The molecule has 0 aliphatic heterocycles. The maximum Gasteiger partial charge on any atom is 0.107 e. The van der Waals surface area contributed by atoms with Crippen LogP contribution in [0.1, 0.15) is 17.2 Å². The largest absolute Gasteiger partial charge is 0.399 e. The first kappa shape index (κ1) is 12.0. The molecule has 5 heteroatoms. The van der Waals surface area contributed by atoms with E-state index < -0.39 is 12.2 Å². The van der Waals surface area contributed by atoms with E-state index in [1.807, 2.05) is 6.07 Å². The van der Waals surface area contributed by atoms with E-state index in [9.17, 15) is 10.2 Å². The van der Waals surface area contributed by atoms with Crippen molar-refractivity contribution in [3.63, 3.8) is 0 Å². The number of hydrogen-bond acceptors (Lipinski definition) is 4. The standard InChI is InChI=1S/C10H11BrN2O2/c11-4-9(14)10(15)8-2-1-7(13)3-6(8)5-12/h1-3,9-10,14-15H,4,13H2. The number of nitrogen functional groups attached to an aromatic ring is 1. The number of halogens is 1. The number of aliphatic hydroxyl groups excluding tert-OH is 2. The molecule has 0 spiro atoms. The Morgan fingerprint density at radius 2 is 2.13 bits per heavy atom. The van der Waals surface area contributed by atoms with E-state index in [0.717, 1.165) is 0 Å². The van der Waals surface area contributed by atoms with Crippen molar-refractivity contribution in [2.24, 2.45) is 0 Å². The van der Waals surface area contributed by atoms with Crippen LogP contribution in [0.3, 0.4) is 0 Å². The van der Waals surface area contributed by atoms with Crippen molar-refractivity contribution in [3.8, 4) is 6.07 Å². The predicted octanol–water partition coefficient (Wildman–Crippen LogP) is 0.930. The lowest BCUT2D eigenvalue weighted by atomic mass is 9.99. The number of aliphatic hydroxyl groups is 2. The topological polar surface area (TPSA) is 90.3 Å². The van der Waals surface area contributed by atoms with Crippen molar-refractivity contribution < 1.29 is 10.2 Å². The quantitative estimate of drug-likeness (QED) is 0.563. The Kier molecular flexibility index (Phi) is 4.09. The summed E-state index contributed by atoms with van der Waals surface area (Å²) in [6.45, 7) is 0. The molecule has 0 amide bonds. The third kappa shape index (κ3) is 2.69. The highest BCUT2D eigenvalue weighted by atomic mass is 79.9. The Balaban J connectivity index is 3.09. The van der Waals surface area contributed by atoms with Gasteiger partial charge < -0.3 is 15.9 Å². The molecule has 0 aliphatic rings. The van der Waals surface area contributed by atoms with Crippen LogP contribution < -0.4 is 5.73 Å². The summed E-state index contributed by atoms with van der Waals surface area (Å²) in [5.74, 6) is 0. The second-order valence-electron chi connectivity index (χ2n) is 3.12. The molecule has 0 saturated heterocycles. The van der Waals surface area contributed by atoms with Gasteiger partial charge in [0.15, 0.2) is 0 Å². The molecule has 1 aromatic rings. The molecule has 0 saturated carbocycles. The molecule has 0 radical (unpaired) electrons. The average molecular weight is 271 g/mol. The van der Waals surface area contributed by atoms with E-state index in [1.165, 1.54) is 6.07 Å². The minimum absolute atomic E-state index is 0.239. The van der Waals surface area contributed by atoms with E-state index in [0.29, 0.717) is 11.3 Å². The molecule has 0 fully saturated rings. The smallest absolute Gasteiger partial charge is 0.107 e. The maximum atomic E-state index is 9.72.